The van der Waals surface area contributed by atoms with Crippen LogP contribution in [-0.4, -0.2) is 48.3 Å². The molecule has 2 aliphatic heterocycles. The summed E-state index contributed by atoms with van der Waals surface area (Å²) in [5, 5.41) is 9.06. The molecule has 4 nitrogen and oxygen atoms in total. The van der Waals surface area contributed by atoms with E-state index in [1.54, 1.807) is 0 Å². The van der Waals surface area contributed by atoms with Crippen LogP contribution in [0.5, 0.6) is 0 Å². The number of hydrogen-bond donors (Lipinski definition) is 1. The number of nitrogens with zero attached hydrogens (tertiary/aromatic N) is 1. The van der Waals surface area contributed by atoms with Crippen LogP contribution in [0.15, 0.2) is 0 Å². The molecule has 3 unspecified atom stereocenters. The summed E-state index contributed by atoms with van der Waals surface area (Å²) in [5.41, 5.74) is 0. The first-order valence-electron chi connectivity index (χ1n) is 4.23. The van der Waals surface area contributed by atoms with Crippen LogP contribution in [0.25, 0.3) is 0 Å². The number of likely N-dealkylation sites (N-methyl/N-ethyl adjacent to an activating group) is 1. The van der Waals surface area contributed by atoms with Gasteiger partial charge in [-0.2, -0.15) is 0 Å². The molecule has 2 heterocycles. The molecule has 4 heteroatoms. The molecule has 1 N–H and O–H groups in total. The van der Waals surface area contributed by atoms with Crippen molar-refractivity contribution in [2.75, 3.05) is 20.2 Å². The number of hydrogen-bond acceptors (Lipinski definition) is 4. The van der Waals surface area contributed by atoms with Gasteiger partial charge < -0.3 is 9.84 Å². The lowest BCUT2D eigenvalue weighted by molar-refractivity contribution is -0.141. The van der Waals surface area contributed by atoms with Gasteiger partial charge in [0, 0.05) is 18.5 Å². The second-order valence-electron chi connectivity index (χ2n) is 3.59. The fourth-order valence-electron chi connectivity index (χ4n) is 2.21. The number of carbonyl (C=O) groups excluding carboxylic acids is 1. The number of esters is 1. The highest BCUT2D eigenvalue weighted by Crippen LogP contribution is 2.33. The Bertz CT molecular complexity index is 206. The van der Waals surface area contributed by atoms with Gasteiger partial charge in [-0.3, -0.25) is 9.69 Å². The largest absolute Gasteiger partial charge is 0.461 e. The summed E-state index contributed by atoms with van der Waals surface area (Å²) in [7, 11) is 1.95. The summed E-state index contributed by atoms with van der Waals surface area (Å²) < 4.78 is 5.10. The minimum atomic E-state index is -0.114. The van der Waals surface area contributed by atoms with Crippen molar-refractivity contribution in [1.82, 2.24) is 4.90 Å². The third-order valence-corrected chi connectivity index (χ3v) is 2.88. The molecule has 0 amide bonds. The highest BCUT2D eigenvalue weighted by atomic mass is 16.6. The molecule has 2 fully saturated rings. The van der Waals surface area contributed by atoms with Crippen LogP contribution >= 0.6 is 0 Å². The first-order valence-corrected chi connectivity index (χ1v) is 4.23. The quantitative estimate of drug-likeness (QED) is 0.526. The summed E-state index contributed by atoms with van der Waals surface area (Å²) in [5.74, 6) is 0.101. The predicted molar refractivity (Wildman–Crippen MR) is 41.5 cm³/mol. The molecule has 0 aromatic heterocycles. The van der Waals surface area contributed by atoms with E-state index in [9.17, 15) is 4.79 Å². The molecular weight excluding hydrogens is 158 g/mol. The van der Waals surface area contributed by atoms with Crippen LogP contribution in [0.4, 0.5) is 0 Å². The van der Waals surface area contributed by atoms with Gasteiger partial charge in [-0.1, -0.05) is 0 Å². The smallest absolute Gasteiger partial charge is 0.306 e. The van der Waals surface area contributed by atoms with Crippen molar-refractivity contribution >= 4 is 5.97 Å². The Balaban J connectivity index is 2.11. The fourth-order valence-corrected chi connectivity index (χ4v) is 2.21. The molecule has 0 aromatic rings. The maximum atomic E-state index is 10.9. The summed E-state index contributed by atoms with van der Waals surface area (Å²) >= 11 is 0. The first kappa shape index (κ1) is 8.01. The SMILES string of the molecule is CN1CC2OC(=O)CC2C1CO. The maximum Gasteiger partial charge on any atom is 0.306 e. The molecule has 12 heavy (non-hydrogen) atoms. The number of carbonyl (C=O) groups is 1. The van der Waals surface area contributed by atoms with Gasteiger partial charge in [0.1, 0.15) is 6.10 Å². The number of fused-ring (bicyclic) bond motifs is 1. The second-order valence-corrected chi connectivity index (χ2v) is 3.59. The van der Waals surface area contributed by atoms with Crippen LogP contribution in [0.3, 0.4) is 0 Å². The van der Waals surface area contributed by atoms with Crippen molar-refractivity contribution in [2.45, 2.75) is 18.6 Å². The van der Waals surface area contributed by atoms with Gasteiger partial charge in [0.2, 0.25) is 0 Å². The van der Waals surface area contributed by atoms with Gasteiger partial charge in [0.25, 0.3) is 0 Å². The van der Waals surface area contributed by atoms with Gasteiger partial charge in [-0.25, -0.2) is 0 Å². The van der Waals surface area contributed by atoms with E-state index in [-0.39, 0.29) is 30.6 Å². The van der Waals surface area contributed by atoms with E-state index in [1.807, 2.05) is 7.05 Å². The van der Waals surface area contributed by atoms with Crippen molar-refractivity contribution in [2.24, 2.45) is 5.92 Å². The minimum absolute atomic E-state index is 0.0275. The molecule has 2 saturated heterocycles. The molecule has 0 aromatic carbocycles. The lowest BCUT2D eigenvalue weighted by atomic mass is 9.98. The topological polar surface area (TPSA) is 49.8 Å². The van der Waals surface area contributed by atoms with Crippen LogP contribution < -0.4 is 0 Å². The van der Waals surface area contributed by atoms with E-state index in [0.717, 1.165) is 6.54 Å². The van der Waals surface area contributed by atoms with Crippen molar-refractivity contribution in [3.05, 3.63) is 0 Å². The van der Waals surface area contributed by atoms with E-state index in [2.05, 4.69) is 4.90 Å². The Kier molecular flexibility index (Phi) is 1.81. The molecule has 0 spiro atoms. The number of likely N-dealkylation sites (tertiary alicyclic amines) is 1. The molecular formula is C8H13NO3. The van der Waals surface area contributed by atoms with Crippen molar-refractivity contribution in [3.8, 4) is 0 Å². The van der Waals surface area contributed by atoms with E-state index in [0.29, 0.717) is 6.42 Å². The predicted octanol–water partition coefficient (Wildman–Crippen LogP) is -0.776. The Labute approximate surface area is 71.1 Å². The van der Waals surface area contributed by atoms with Gasteiger partial charge in [0.15, 0.2) is 0 Å². The van der Waals surface area contributed by atoms with Crippen LogP contribution in [0, 0.1) is 5.92 Å². The van der Waals surface area contributed by atoms with E-state index < -0.39 is 0 Å². The summed E-state index contributed by atoms with van der Waals surface area (Å²) in [4.78, 5) is 13.0. The Morgan fingerprint density at radius 3 is 3.17 bits per heavy atom. The molecule has 0 saturated carbocycles. The Morgan fingerprint density at radius 2 is 2.50 bits per heavy atom. The van der Waals surface area contributed by atoms with E-state index in [1.165, 1.54) is 0 Å². The highest BCUT2D eigenvalue weighted by Gasteiger charge is 2.47. The first-order chi connectivity index (χ1) is 5.72. The molecule has 2 rings (SSSR count). The Hall–Kier alpha value is -0.610. The molecule has 0 radical (unpaired) electrons. The third kappa shape index (κ3) is 1.03. The van der Waals surface area contributed by atoms with Crippen LogP contribution in [0.2, 0.25) is 0 Å². The molecule has 3 atom stereocenters. The molecule has 2 aliphatic rings. The number of ether oxygens (including phenoxy) is 1. The third-order valence-electron chi connectivity index (χ3n) is 2.88. The maximum absolute atomic E-state index is 10.9. The second kappa shape index (κ2) is 2.71. The monoisotopic (exact) mass is 171 g/mol. The molecule has 0 aliphatic carbocycles. The Morgan fingerprint density at radius 1 is 1.75 bits per heavy atom. The van der Waals surface area contributed by atoms with Crippen LogP contribution in [-0.2, 0) is 9.53 Å². The van der Waals surface area contributed by atoms with Gasteiger partial charge >= 0.3 is 5.97 Å². The van der Waals surface area contributed by atoms with Gasteiger partial charge in [-0.05, 0) is 7.05 Å². The van der Waals surface area contributed by atoms with E-state index in [4.69, 9.17) is 9.84 Å². The van der Waals surface area contributed by atoms with E-state index >= 15 is 0 Å². The minimum Gasteiger partial charge on any atom is -0.461 e. The zero-order chi connectivity index (χ0) is 8.72. The highest BCUT2D eigenvalue weighted by molar-refractivity contribution is 5.72. The van der Waals surface area contributed by atoms with Gasteiger partial charge in [-0.15, -0.1) is 0 Å². The summed E-state index contributed by atoms with van der Waals surface area (Å²) in [6, 6.07) is 0.112. The van der Waals surface area contributed by atoms with Gasteiger partial charge in [0.05, 0.1) is 13.0 Å². The lowest BCUT2D eigenvalue weighted by Crippen LogP contribution is -2.33. The van der Waals surface area contributed by atoms with Crippen molar-refractivity contribution < 1.29 is 14.6 Å². The molecule has 68 valence electrons. The summed E-state index contributed by atoms with van der Waals surface area (Å²) in [6.07, 6.45) is 0.500. The molecule has 0 bridgehead atoms. The lowest BCUT2D eigenvalue weighted by Gasteiger charge is -2.19. The van der Waals surface area contributed by atoms with Crippen molar-refractivity contribution in [1.29, 1.82) is 0 Å². The normalized spacial score (nSPS) is 41.5. The van der Waals surface area contributed by atoms with Crippen LogP contribution in [0.1, 0.15) is 6.42 Å². The standard InChI is InChI=1S/C8H13NO3/c1-9-3-7-5(6(9)4-10)2-8(11)12-7/h5-7,10H,2-4H2,1H3. The number of aliphatic hydroxyl groups is 1. The zero-order valence-electron chi connectivity index (χ0n) is 7.06. The fraction of sp³-hybridized carbons (Fsp3) is 0.875. The van der Waals surface area contributed by atoms with Crippen molar-refractivity contribution in [3.63, 3.8) is 0 Å². The average Bonchev–Trinajstić information content (AvgIpc) is 2.43. The zero-order valence-corrected chi connectivity index (χ0v) is 7.06. The number of rotatable bonds is 1. The average molecular weight is 171 g/mol. The number of aliphatic hydroxyl groups excluding tert-OH is 1. The summed E-state index contributed by atoms with van der Waals surface area (Å²) in [6.45, 7) is 0.885.